The lowest BCUT2D eigenvalue weighted by Crippen LogP contribution is -2.36. The molecule has 182 valence electrons. The second-order valence-electron chi connectivity index (χ2n) is 7.86. The highest BCUT2D eigenvalue weighted by molar-refractivity contribution is 7.89. The first-order chi connectivity index (χ1) is 16.3. The minimum Gasteiger partial charge on any atom is -0.446 e. The van der Waals surface area contributed by atoms with Crippen molar-refractivity contribution in [2.75, 3.05) is 19.6 Å². The molecule has 1 aliphatic carbocycles. The number of rotatable bonds is 11. The molecule has 3 rings (SSSR count). The minimum atomic E-state index is -3.63. The molecular formula is C24H29N3O6S. The van der Waals surface area contributed by atoms with E-state index in [9.17, 15) is 22.8 Å². The number of hydrogen-bond acceptors (Lipinski definition) is 6. The Morgan fingerprint density at radius 3 is 2.18 bits per heavy atom. The summed E-state index contributed by atoms with van der Waals surface area (Å²) in [6.45, 7) is 3.73. The van der Waals surface area contributed by atoms with Crippen molar-refractivity contribution in [3.63, 3.8) is 0 Å². The van der Waals surface area contributed by atoms with Gasteiger partial charge in [0.25, 0.3) is 11.8 Å². The zero-order chi connectivity index (χ0) is 24.7. The van der Waals surface area contributed by atoms with Crippen molar-refractivity contribution in [2.45, 2.75) is 43.7 Å². The van der Waals surface area contributed by atoms with Crippen LogP contribution >= 0.6 is 0 Å². The van der Waals surface area contributed by atoms with Gasteiger partial charge in [0.1, 0.15) is 6.54 Å². The van der Waals surface area contributed by atoms with Crippen LogP contribution in [0, 0.1) is 0 Å². The summed E-state index contributed by atoms with van der Waals surface area (Å²) in [6, 6.07) is 14.2. The third-order valence-electron chi connectivity index (χ3n) is 5.37. The third-order valence-corrected chi connectivity index (χ3v) is 7.43. The van der Waals surface area contributed by atoms with Gasteiger partial charge in [0.2, 0.25) is 16.1 Å². The van der Waals surface area contributed by atoms with Crippen LogP contribution in [0.15, 0.2) is 59.5 Å². The first-order valence-electron chi connectivity index (χ1n) is 11.2. The molecule has 1 unspecified atom stereocenters. The number of ether oxygens (including phenoxy) is 1. The van der Waals surface area contributed by atoms with E-state index in [0.29, 0.717) is 18.7 Å². The molecule has 9 nitrogen and oxygen atoms in total. The van der Waals surface area contributed by atoms with Crippen molar-refractivity contribution < 1.29 is 27.5 Å². The maximum atomic E-state index is 12.6. The van der Waals surface area contributed by atoms with Gasteiger partial charge < -0.3 is 15.4 Å². The largest absolute Gasteiger partial charge is 0.446 e. The van der Waals surface area contributed by atoms with Crippen molar-refractivity contribution in [2.24, 2.45) is 0 Å². The molecule has 0 bridgehead atoms. The summed E-state index contributed by atoms with van der Waals surface area (Å²) in [5.74, 6) is -1.74. The Labute approximate surface area is 199 Å². The highest BCUT2D eigenvalue weighted by Gasteiger charge is 2.31. The van der Waals surface area contributed by atoms with Crippen molar-refractivity contribution in [3.05, 3.63) is 65.7 Å². The van der Waals surface area contributed by atoms with Crippen LogP contribution in [0.25, 0.3) is 0 Å². The maximum Gasteiger partial charge on any atom is 0.326 e. The second kappa shape index (κ2) is 11.3. The molecule has 0 aliphatic heterocycles. The fraction of sp³-hybridized carbons (Fsp3) is 0.375. The smallest absolute Gasteiger partial charge is 0.326 e. The summed E-state index contributed by atoms with van der Waals surface area (Å²) in [7, 11) is -3.63. The van der Waals surface area contributed by atoms with Crippen molar-refractivity contribution in [3.8, 4) is 0 Å². The van der Waals surface area contributed by atoms with Crippen molar-refractivity contribution >= 4 is 27.8 Å². The lowest BCUT2D eigenvalue weighted by atomic mass is 10.1. The van der Waals surface area contributed by atoms with Gasteiger partial charge in [-0.3, -0.25) is 14.4 Å². The van der Waals surface area contributed by atoms with E-state index in [2.05, 4.69) is 10.6 Å². The molecule has 10 heteroatoms. The Bertz CT molecular complexity index is 1110. The molecule has 0 saturated heterocycles. The van der Waals surface area contributed by atoms with Crippen molar-refractivity contribution in [1.29, 1.82) is 0 Å². The Morgan fingerprint density at radius 2 is 1.62 bits per heavy atom. The van der Waals surface area contributed by atoms with Gasteiger partial charge in [-0.1, -0.05) is 44.2 Å². The number of benzene rings is 2. The molecule has 1 saturated carbocycles. The fourth-order valence-electron chi connectivity index (χ4n) is 3.32. The molecule has 1 atom stereocenters. The Morgan fingerprint density at radius 1 is 1.00 bits per heavy atom. The number of nitrogens with zero attached hydrogens (tertiary/aromatic N) is 1. The summed E-state index contributed by atoms with van der Waals surface area (Å²) in [4.78, 5) is 37.5. The average Bonchev–Trinajstić information content (AvgIpc) is 3.66. The second-order valence-corrected chi connectivity index (χ2v) is 9.80. The van der Waals surface area contributed by atoms with Gasteiger partial charge in [-0.05, 0) is 37.1 Å². The first-order valence-corrected chi connectivity index (χ1v) is 12.6. The zero-order valence-corrected chi connectivity index (χ0v) is 20.0. The SMILES string of the molecule is CCN(CC)S(=O)(=O)c1ccc(C(=O)NCC(=O)OC(C(=O)NC2CC2)c2ccccc2)cc1. The molecule has 2 aromatic carbocycles. The summed E-state index contributed by atoms with van der Waals surface area (Å²) in [6.07, 6.45) is 0.675. The van der Waals surface area contributed by atoms with Crippen LogP contribution in [-0.2, 0) is 24.3 Å². The monoisotopic (exact) mass is 487 g/mol. The van der Waals surface area contributed by atoms with Gasteiger partial charge >= 0.3 is 5.97 Å². The van der Waals surface area contributed by atoms with E-state index in [4.69, 9.17) is 4.74 Å². The van der Waals surface area contributed by atoms with Gasteiger partial charge in [0.05, 0.1) is 4.90 Å². The summed E-state index contributed by atoms with van der Waals surface area (Å²) in [5.41, 5.74) is 0.725. The zero-order valence-electron chi connectivity index (χ0n) is 19.2. The quantitative estimate of drug-likeness (QED) is 0.468. The van der Waals surface area contributed by atoms with Gasteiger partial charge in [-0.2, -0.15) is 4.31 Å². The van der Waals surface area contributed by atoms with Crippen LogP contribution in [0.2, 0.25) is 0 Å². The number of carbonyl (C=O) groups excluding carboxylic acids is 3. The third kappa shape index (κ3) is 6.42. The number of sulfonamides is 1. The Hall–Kier alpha value is -3.24. The van der Waals surface area contributed by atoms with Crippen LogP contribution in [0.3, 0.4) is 0 Å². The van der Waals surface area contributed by atoms with E-state index in [0.717, 1.165) is 12.8 Å². The lowest BCUT2D eigenvalue weighted by molar-refractivity contribution is -0.155. The molecule has 2 aromatic rings. The topological polar surface area (TPSA) is 122 Å². The van der Waals surface area contributed by atoms with E-state index in [1.165, 1.54) is 28.6 Å². The number of amides is 2. The van der Waals surface area contributed by atoms with Crippen LogP contribution in [0.5, 0.6) is 0 Å². The van der Waals surface area contributed by atoms with E-state index < -0.39 is 40.5 Å². The average molecular weight is 488 g/mol. The van der Waals surface area contributed by atoms with Gasteiger partial charge in [0.15, 0.2) is 0 Å². The van der Waals surface area contributed by atoms with E-state index in [1.54, 1.807) is 44.2 Å². The van der Waals surface area contributed by atoms with E-state index in [1.807, 2.05) is 0 Å². The van der Waals surface area contributed by atoms with Crippen molar-refractivity contribution in [1.82, 2.24) is 14.9 Å². The van der Waals surface area contributed by atoms with E-state index in [-0.39, 0.29) is 16.5 Å². The molecule has 0 heterocycles. The van der Waals surface area contributed by atoms with Crippen LogP contribution in [0.4, 0.5) is 0 Å². The molecular weight excluding hydrogens is 458 g/mol. The normalized spacial score (nSPS) is 14.3. The number of esters is 1. The number of carbonyl (C=O) groups is 3. The standard InChI is InChI=1S/C24H29N3O6S/c1-3-27(4-2)34(31,32)20-14-10-18(11-15-20)23(29)25-16-21(28)33-22(17-8-6-5-7-9-17)24(30)26-19-12-13-19/h5-11,14-15,19,22H,3-4,12-13,16H2,1-2H3,(H,25,29)(H,26,30). The van der Waals surface area contributed by atoms with Crippen LogP contribution in [-0.4, -0.2) is 56.2 Å². The molecule has 34 heavy (non-hydrogen) atoms. The molecule has 0 radical (unpaired) electrons. The number of nitrogens with one attached hydrogen (secondary N) is 2. The lowest BCUT2D eigenvalue weighted by Gasteiger charge is -2.18. The van der Waals surface area contributed by atoms with Crippen LogP contribution in [0.1, 0.15) is 48.7 Å². The first kappa shape index (κ1) is 25.4. The predicted octanol–water partition coefficient (Wildman–Crippen LogP) is 2.01. The Balaban J connectivity index is 1.60. The molecule has 2 amide bonds. The molecule has 2 N–H and O–H groups in total. The molecule has 0 spiro atoms. The summed E-state index contributed by atoms with van der Waals surface area (Å²) >= 11 is 0. The molecule has 1 aliphatic rings. The highest BCUT2D eigenvalue weighted by atomic mass is 32.2. The Kier molecular flexibility index (Phi) is 8.41. The summed E-state index contributed by atoms with van der Waals surface area (Å²) < 4.78 is 31.8. The van der Waals surface area contributed by atoms with E-state index >= 15 is 0 Å². The van der Waals surface area contributed by atoms with Gasteiger partial charge in [-0.15, -0.1) is 0 Å². The van der Waals surface area contributed by atoms with Gasteiger partial charge in [-0.25, -0.2) is 8.42 Å². The highest BCUT2D eigenvalue weighted by Crippen LogP contribution is 2.23. The molecule has 1 fully saturated rings. The summed E-state index contributed by atoms with van der Waals surface area (Å²) in [5, 5.41) is 5.27. The fourth-order valence-corrected chi connectivity index (χ4v) is 4.78. The number of hydrogen-bond donors (Lipinski definition) is 2. The van der Waals surface area contributed by atoms with Crippen LogP contribution < -0.4 is 10.6 Å². The maximum absolute atomic E-state index is 12.6. The predicted molar refractivity (Wildman–Crippen MR) is 125 cm³/mol. The minimum absolute atomic E-state index is 0.0829. The van der Waals surface area contributed by atoms with Gasteiger partial charge in [0, 0.05) is 30.3 Å². The molecule has 0 aromatic heterocycles.